The number of rotatable bonds is 3. The standard InChI is InChI=1S/C21H23NO5/c23-19(22-11-5-8-14-6-1-3-9-17(14)22)13-26-20(24)16-12-15-7-2-4-10-18(15)27-21(16)25/h2,4,7,10,12,14,17H,1,3,5-6,8-9,11,13H2/t14-,17+/m1/s1. The number of nitrogens with zero attached hydrogens (tertiary/aromatic N) is 1. The number of benzene rings is 1. The first-order chi connectivity index (χ1) is 13.1. The molecule has 1 saturated heterocycles. The number of ether oxygens (including phenoxy) is 1. The maximum atomic E-state index is 12.6. The molecule has 2 aromatic rings. The van der Waals surface area contributed by atoms with Crippen LogP contribution in [0.3, 0.4) is 0 Å². The number of esters is 1. The number of likely N-dealkylation sites (tertiary alicyclic amines) is 1. The van der Waals surface area contributed by atoms with Crippen molar-refractivity contribution in [3.63, 3.8) is 0 Å². The van der Waals surface area contributed by atoms with Crippen molar-refractivity contribution in [2.45, 2.75) is 44.6 Å². The lowest BCUT2D eigenvalue weighted by atomic mass is 9.78. The Morgan fingerprint density at radius 3 is 2.78 bits per heavy atom. The maximum Gasteiger partial charge on any atom is 0.351 e. The maximum absolute atomic E-state index is 12.6. The van der Waals surface area contributed by atoms with Gasteiger partial charge in [-0.2, -0.15) is 0 Å². The van der Waals surface area contributed by atoms with E-state index in [0.717, 1.165) is 25.8 Å². The molecule has 0 spiro atoms. The quantitative estimate of drug-likeness (QED) is 0.614. The highest BCUT2D eigenvalue weighted by Crippen LogP contribution is 2.35. The van der Waals surface area contributed by atoms with Gasteiger partial charge in [0.05, 0.1) is 0 Å². The van der Waals surface area contributed by atoms with E-state index in [9.17, 15) is 14.4 Å². The van der Waals surface area contributed by atoms with E-state index in [1.54, 1.807) is 24.3 Å². The SMILES string of the molecule is O=C(OCC(=O)N1CCC[C@H]2CCCC[C@@H]21)c1cc2ccccc2oc1=O. The van der Waals surface area contributed by atoms with E-state index < -0.39 is 11.6 Å². The van der Waals surface area contributed by atoms with Crippen LogP contribution in [0.5, 0.6) is 0 Å². The van der Waals surface area contributed by atoms with Gasteiger partial charge in [-0.1, -0.05) is 31.0 Å². The number of para-hydroxylation sites is 1. The molecular formula is C21H23NO5. The summed E-state index contributed by atoms with van der Waals surface area (Å²) in [7, 11) is 0. The van der Waals surface area contributed by atoms with Gasteiger partial charge in [-0.25, -0.2) is 9.59 Å². The van der Waals surface area contributed by atoms with E-state index in [2.05, 4.69) is 0 Å². The molecule has 142 valence electrons. The number of hydrogen-bond acceptors (Lipinski definition) is 5. The molecule has 2 atom stereocenters. The molecule has 0 radical (unpaired) electrons. The van der Waals surface area contributed by atoms with Crippen LogP contribution in [-0.4, -0.2) is 36.0 Å². The Labute approximate surface area is 157 Å². The van der Waals surface area contributed by atoms with E-state index in [-0.39, 0.29) is 24.1 Å². The van der Waals surface area contributed by atoms with Gasteiger partial charge < -0.3 is 14.1 Å². The van der Waals surface area contributed by atoms with Gasteiger partial charge in [0.2, 0.25) is 0 Å². The second kappa shape index (κ2) is 7.55. The normalized spacial score (nSPS) is 22.3. The number of hydrogen-bond donors (Lipinski definition) is 0. The molecule has 2 fully saturated rings. The largest absolute Gasteiger partial charge is 0.452 e. The van der Waals surface area contributed by atoms with Gasteiger partial charge in [-0.3, -0.25) is 4.79 Å². The molecule has 0 bridgehead atoms. The minimum atomic E-state index is -0.819. The third-order valence-corrected chi connectivity index (χ3v) is 5.75. The predicted molar refractivity (Wildman–Crippen MR) is 99.5 cm³/mol. The van der Waals surface area contributed by atoms with E-state index in [0.29, 0.717) is 16.9 Å². The highest BCUT2D eigenvalue weighted by atomic mass is 16.5. The van der Waals surface area contributed by atoms with Crippen LogP contribution in [0.15, 0.2) is 39.5 Å². The highest BCUT2D eigenvalue weighted by Gasteiger charge is 2.35. The van der Waals surface area contributed by atoms with E-state index in [4.69, 9.17) is 9.15 Å². The minimum absolute atomic E-state index is 0.176. The second-order valence-corrected chi connectivity index (χ2v) is 7.40. The fraction of sp³-hybridized carbons (Fsp3) is 0.476. The van der Waals surface area contributed by atoms with Crippen LogP contribution >= 0.6 is 0 Å². The summed E-state index contributed by atoms with van der Waals surface area (Å²) in [6.45, 7) is 0.379. The Hall–Kier alpha value is -2.63. The molecule has 1 aromatic carbocycles. The zero-order valence-electron chi connectivity index (χ0n) is 15.2. The number of carbonyl (C=O) groups is 2. The van der Waals surface area contributed by atoms with Gasteiger partial charge in [0, 0.05) is 18.0 Å². The summed E-state index contributed by atoms with van der Waals surface area (Å²) in [5.41, 5.74) is -0.529. The van der Waals surface area contributed by atoms with Gasteiger partial charge in [0.15, 0.2) is 6.61 Å². The summed E-state index contributed by atoms with van der Waals surface area (Å²) in [5.74, 6) is -0.426. The van der Waals surface area contributed by atoms with Crippen LogP contribution < -0.4 is 5.63 Å². The zero-order valence-corrected chi connectivity index (χ0v) is 15.2. The van der Waals surface area contributed by atoms with E-state index in [1.807, 2.05) is 4.90 Å². The molecular weight excluding hydrogens is 346 g/mol. The molecule has 1 amide bonds. The monoisotopic (exact) mass is 369 g/mol. The van der Waals surface area contributed by atoms with Crippen molar-refractivity contribution in [2.24, 2.45) is 5.92 Å². The van der Waals surface area contributed by atoms with Gasteiger partial charge in [0.25, 0.3) is 5.91 Å². The molecule has 6 nitrogen and oxygen atoms in total. The first-order valence-corrected chi connectivity index (χ1v) is 9.63. The average molecular weight is 369 g/mol. The molecule has 4 rings (SSSR count). The minimum Gasteiger partial charge on any atom is -0.452 e. The Kier molecular flexibility index (Phi) is 4.97. The number of fused-ring (bicyclic) bond motifs is 2. The third-order valence-electron chi connectivity index (χ3n) is 5.75. The molecule has 1 aliphatic carbocycles. The average Bonchev–Trinajstić information content (AvgIpc) is 2.70. The van der Waals surface area contributed by atoms with Crippen molar-refractivity contribution in [1.82, 2.24) is 4.90 Å². The number of carbonyl (C=O) groups excluding carboxylic acids is 2. The van der Waals surface area contributed by atoms with E-state index >= 15 is 0 Å². The summed E-state index contributed by atoms with van der Waals surface area (Å²) in [6.07, 6.45) is 6.74. The zero-order chi connectivity index (χ0) is 18.8. The lowest BCUT2D eigenvalue weighted by Gasteiger charge is -2.44. The van der Waals surface area contributed by atoms with Gasteiger partial charge >= 0.3 is 11.6 Å². The van der Waals surface area contributed by atoms with Crippen molar-refractivity contribution >= 4 is 22.8 Å². The summed E-state index contributed by atoms with van der Waals surface area (Å²) < 4.78 is 10.3. The lowest BCUT2D eigenvalue weighted by Crippen LogP contribution is -2.50. The third kappa shape index (κ3) is 3.61. The molecule has 2 heterocycles. The summed E-state index contributed by atoms with van der Waals surface area (Å²) >= 11 is 0. The summed E-state index contributed by atoms with van der Waals surface area (Å²) in [6, 6.07) is 8.66. The smallest absolute Gasteiger partial charge is 0.351 e. The van der Waals surface area contributed by atoms with Crippen molar-refractivity contribution in [1.29, 1.82) is 0 Å². The van der Waals surface area contributed by atoms with Crippen molar-refractivity contribution in [3.8, 4) is 0 Å². The van der Waals surface area contributed by atoms with Crippen LogP contribution in [-0.2, 0) is 9.53 Å². The fourth-order valence-corrected chi connectivity index (χ4v) is 4.43. The summed E-state index contributed by atoms with van der Waals surface area (Å²) in [5, 5.41) is 0.636. The van der Waals surface area contributed by atoms with Gasteiger partial charge in [-0.05, 0) is 43.7 Å². The molecule has 0 unspecified atom stereocenters. The number of piperidine rings is 1. The molecule has 0 N–H and O–H groups in total. The predicted octanol–water partition coefficient (Wildman–Crippen LogP) is 3.13. The van der Waals surface area contributed by atoms with Crippen LogP contribution in [0, 0.1) is 5.92 Å². The van der Waals surface area contributed by atoms with Crippen molar-refractivity contribution in [2.75, 3.05) is 13.2 Å². The molecule has 27 heavy (non-hydrogen) atoms. The van der Waals surface area contributed by atoms with Crippen LogP contribution in [0.4, 0.5) is 0 Å². The van der Waals surface area contributed by atoms with Crippen molar-refractivity contribution in [3.05, 3.63) is 46.3 Å². The molecule has 1 aromatic heterocycles. The Morgan fingerprint density at radius 2 is 1.89 bits per heavy atom. The Morgan fingerprint density at radius 1 is 1.11 bits per heavy atom. The first kappa shape index (κ1) is 17.8. The van der Waals surface area contributed by atoms with Crippen LogP contribution in [0.1, 0.15) is 48.9 Å². The van der Waals surface area contributed by atoms with Crippen LogP contribution in [0.2, 0.25) is 0 Å². The molecule has 2 aliphatic rings. The molecule has 1 aliphatic heterocycles. The fourth-order valence-electron chi connectivity index (χ4n) is 4.43. The highest BCUT2D eigenvalue weighted by molar-refractivity contribution is 5.94. The topological polar surface area (TPSA) is 76.8 Å². The Bertz CT molecular complexity index is 916. The van der Waals surface area contributed by atoms with E-state index in [1.165, 1.54) is 25.3 Å². The van der Waals surface area contributed by atoms with Crippen LogP contribution in [0.25, 0.3) is 11.0 Å². The number of amides is 1. The Balaban J connectivity index is 1.43. The first-order valence-electron chi connectivity index (χ1n) is 9.63. The summed E-state index contributed by atoms with van der Waals surface area (Å²) in [4.78, 5) is 38.9. The van der Waals surface area contributed by atoms with Gasteiger partial charge in [0.1, 0.15) is 11.1 Å². The lowest BCUT2D eigenvalue weighted by molar-refractivity contribution is -0.140. The second-order valence-electron chi connectivity index (χ2n) is 7.40. The van der Waals surface area contributed by atoms with Gasteiger partial charge in [-0.15, -0.1) is 0 Å². The molecule has 6 heteroatoms. The van der Waals surface area contributed by atoms with Crippen molar-refractivity contribution < 1.29 is 18.7 Å². The molecule has 1 saturated carbocycles.